The third-order valence-electron chi connectivity index (χ3n) is 5.85. The number of alkyl halides is 2. The molecule has 2 N–H and O–H groups in total. The van der Waals surface area contributed by atoms with E-state index in [4.69, 9.17) is 0 Å². The van der Waals surface area contributed by atoms with Gasteiger partial charge in [-0.15, -0.1) is 34.2 Å². The number of guanidine groups is 1. The fraction of sp³-hybridized carbons (Fsp3) is 0.591. The van der Waals surface area contributed by atoms with Gasteiger partial charge in [0.05, 0.1) is 13.1 Å². The maximum Gasteiger partial charge on any atom is 0.387 e. The highest BCUT2D eigenvalue weighted by atomic mass is 127. The number of nitrogens with zero attached hydrogens (tertiary/aromatic N) is 5. The van der Waals surface area contributed by atoms with Crippen LogP contribution in [0.3, 0.4) is 0 Å². The number of ether oxygens (including phenoxy) is 1. The lowest BCUT2D eigenvalue weighted by atomic mass is 10.1. The third kappa shape index (κ3) is 7.76. The number of halogens is 3. The zero-order valence-electron chi connectivity index (χ0n) is 19.6. The van der Waals surface area contributed by atoms with Crippen LogP contribution in [-0.4, -0.2) is 57.9 Å². The van der Waals surface area contributed by atoms with Gasteiger partial charge >= 0.3 is 6.61 Å². The van der Waals surface area contributed by atoms with Crippen LogP contribution in [0.1, 0.15) is 42.5 Å². The average molecular weight is 577 g/mol. The maximum absolute atomic E-state index is 12.8. The van der Waals surface area contributed by atoms with Crippen LogP contribution in [-0.2, 0) is 20.1 Å². The molecule has 1 atom stereocenters. The summed E-state index contributed by atoms with van der Waals surface area (Å²) in [4.78, 5) is 7.11. The van der Waals surface area contributed by atoms with Gasteiger partial charge in [-0.2, -0.15) is 8.78 Å². The van der Waals surface area contributed by atoms with E-state index in [-0.39, 0.29) is 36.3 Å². The van der Waals surface area contributed by atoms with E-state index < -0.39 is 6.61 Å². The molecule has 1 aromatic carbocycles. The molecule has 11 heteroatoms. The summed E-state index contributed by atoms with van der Waals surface area (Å²) in [5.74, 6) is 2.35. The van der Waals surface area contributed by atoms with Gasteiger partial charge in [0.25, 0.3) is 0 Å². The Hall–Kier alpha value is -2.02. The molecule has 3 rings (SSSR count). The Bertz CT molecular complexity index is 922. The number of hydrogen-bond donors (Lipinski definition) is 2. The Labute approximate surface area is 211 Å². The van der Waals surface area contributed by atoms with Gasteiger partial charge in [0, 0.05) is 25.2 Å². The number of aryl methyl sites for hydroxylation is 2. The Morgan fingerprint density at radius 2 is 2.06 bits per heavy atom. The number of likely N-dealkylation sites (tertiary alicyclic amines) is 1. The van der Waals surface area contributed by atoms with Gasteiger partial charge in [0.15, 0.2) is 11.8 Å². The first-order valence-electron chi connectivity index (χ1n) is 11.0. The second-order valence-electron chi connectivity index (χ2n) is 8.04. The molecule has 0 aliphatic carbocycles. The summed E-state index contributed by atoms with van der Waals surface area (Å²) >= 11 is 0. The Morgan fingerprint density at radius 1 is 1.27 bits per heavy atom. The first-order chi connectivity index (χ1) is 15.4. The molecule has 0 radical (unpaired) electrons. The lowest BCUT2D eigenvalue weighted by molar-refractivity contribution is -0.0504. The van der Waals surface area contributed by atoms with Gasteiger partial charge in [-0.1, -0.05) is 24.6 Å². The summed E-state index contributed by atoms with van der Waals surface area (Å²) in [5, 5.41) is 15.0. The molecule has 1 saturated heterocycles. The van der Waals surface area contributed by atoms with Crippen LogP contribution in [0.5, 0.6) is 5.75 Å². The van der Waals surface area contributed by atoms with Gasteiger partial charge in [-0.05, 0) is 45.8 Å². The number of aliphatic imine (C=N–C) groups is 1. The second-order valence-corrected chi connectivity index (χ2v) is 8.04. The lowest BCUT2D eigenvalue weighted by Gasteiger charge is -2.24. The van der Waals surface area contributed by atoms with Gasteiger partial charge in [-0.25, -0.2) is 4.99 Å². The molecule has 1 fully saturated rings. The molecule has 1 aliphatic rings. The number of aromatic nitrogens is 3. The van der Waals surface area contributed by atoms with Crippen molar-refractivity contribution in [2.75, 3.05) is 19.6 Å². The SMILES string of the molecule is CCN1CCCC1CNC(=NCc1cc(C)ccc1OC(F)F)NCc1nnc(C)n1C.I. The molecular formula is C22H34F2IN7O. The van der Waals surface area contributed by atoms with E-state index in [1.54, 1.807) is 12.1 Å². The number of benzene rings is 1. The van der Waals surface area contributed by atoms with Gasteiger partial charge in [0.2, 0.25) is 0 Å². The lowest BCUT2D eigenvalue weighted by Crippen LogP contribution is -2.44. The summed E-state index contributed by atoms with van der Waals surface area (Å²) in [6.45, 7) is 6.63. The molecule has 0 amide bonds. The third-order valence-corrected chi connectivity index (χ3v) is 5.85. The number of rotatable bonds is 9. The van der Waals surface area contributed by atoms with E-state index in [2.05, 4.69) is 42.4 Å². The van der Waals surface area contributed by atoms with Crippen LogP contribution in [0.25, 0.3) is 0 Å². The van der Waals surface area contributed by atoms with Crippen LogP contribution in [0, 0.1) is 13.8 Å². The van der Waals surface area contributed by atoms with Crippen LogP contribution >= 0.6 is 24.0 Å². The highest BCUT2D eigenvalue weighted by molar-refractivity contribution is 14.0. The van der Waals surface area contributed by atoms with Crippen molar-refractivity contribution in [3.05, 3.63) is 41.0 Å². The Kier molecular flexibility index (Phi) is 10.7. The Morgan fingerprint density at radius 3 is 2.73 bits per heavy atom. The number of nitrogens with one attached hydrogen (secondary N) is 2. The minimum atomic E-state index is -2.88. The molecule has 2 heterocycles. The van der Waals surface area contributed by atoms with Crippen LogP contribution < -0.4 is 15.4 Å². The molecule has 1 unspecified atom stereocenters. The van der Waals surface area contributed by atoms with E-state index in [1.807, 2.05) is 31.5 Å². The minimum absolute atomic E-state index is 0. The fourth-order valence-corrected chi connectivity index (χ4v) is 3.91. The summed E-state index contributed by atoms with van der Waals surface area (Å²) in [6, 6.07) is 5.58. The summed E-state index contributed by atoms with van der Waals surface area (Å²) < 4.78 is 32.2. The molecular weight excluding hydrogens is 543 g/mol. The molecule has 1 aliphatic heterocycles. The number of likely N-dealkylation sites (N-methyl/N-ethyl adjacent to an activating group) is 1. The van der Waals surface area contributed by atoms with Crippen LogP contribution in [0.4, 0.5) is 8.78 Å². The van der Waals surface area contributed by atoms with Crippen molar-refractivity contribution in [1.29, 1.82) is 0 Å². The van der Waals surface area contributed by atoms with E-state index in [9.17, 15) is 8.78 Å². The van der Waals surface area contributed by atoms with Crippen molar-refractivity contribution in [3.8, 4) is 5.75 Å². The quantitative estimate of drug-likeness (QED) is 0.271. The van der Waals surface area contributed by atoms with Gasteiger partial charge in [0.1, 0.15) is 11.6 Å². The summed E-state index contributed by atoms with van der Waals surface area (Å²) in [5.41, 5.74) is 1.57. The maximum atomic E-state index is 12.8. The summed E-state index contributed by atoms with van der Waals surface area (Å²) in [7, 11) is 1.91. The number of hydrogen-bond acceptors (Lipinski definition) is 5. The van der Waals surface area contributed by atoms with Crippen molar-refractivity contribution in [2.45, 2.75) is 59.4 Å². The monoisotopic (exact) mass is 577 g/mol. The van der Waals surface area contributed by atoms with Crippen molar-refractivity contribution in [2.24, 2.45) is 12.0 Å². The highest BCUT2D eigenvalue weighted by Gasteiger charge is 2.23. The molecule has 0 spiro atoms. The predicted octanol–water partition coefficient (Wildman–Crippen LogP) is 3.37. The zero-order valence-corrected chi connectivity index (χ0v) is 22.0. The van der Waals surface area contributed by atoms with Crippen LogP contribution in [0.2, 0.25) is 0 Å². The summed E-state index contributed by atoms with van der Waals surface area (Å²) in [6.07, 6.45) is 2.33. The first-order valence-corrected chi connectivity index (χ1v) is 11.0. The first kappa shape index (κ1) is 27.2. The normalized spacial score (nSPS) is 16.7. The highest BCUT2D eigenvalue weighted by Crippen LogP contribution is 2.23. The van der Waals surface area contributed by atoms with E-state index in [0.29, 0.717) is 24.1 Å². The Balaban J connectivity index is 0.00000385. The van der Waals surface area contributed by atoms with Crippen LogP contribution in [0.15, 0.2) is 23.2 Å². The standard InChI is InChI=1S/C22H33F2N7O.HI/c1-5-31-10-6-7-18(31)13-26-22(27-14-20-29-28-16(3)30(20)4)25-12-17-11-15(2)8-9-19(17)32-21(23)24;/h8-9,11,18,21H,5-7,10,12-14H2,1-4H3,(H2,25,26,27);1H. The van der Waals surface area contributed by atoms with E-state index in [0.717, 1.165) is 43.3 Å². The molecule has 8 nitrogen and oxygen atoms in total. The van der Waals surface area contributed by atoms with Crippen molar-refractivity contribution < 1.29 is 13.5 Å². The zero-order chi connectivity index (χ0) is 23.1. The van der Waals surface area contributed by atoms with E-state index in [1.165, 1.54) is 6.42 Å². The molecule has 0 bridgehead atoms. The predicted molar refractivity (Wildman–Crippen MR) is 135 cm³/mol. The van der Waals surface area contributed by atoms with E-state index >= 15 is 0 Å². The topological polar surface area (TPSA) is 79.6 Å². The average Bonchev–Trinajstić information content (AvgIpc) is 3.35. The molecule has 0 saturated carbocycles. The van der Waals surface area contributed by atoms with Crippen molar-refractivity contribution >= 4 is 29.9 Å². The largest absolute Gasteiger partial charge is 0.434 e. The van der Waals surface area contributed by atoms with Crippen molar-refractivity contribution in [3.63, 3.8) is 0 Å². The molecule has 2 aromatic rings. The van der Waals surface area contributed by atoms with Gasteiger partial charge < -0.3 is 19.9 Å². The van der Waals surface area contributed by atoms with Crippen molar-refractivity contribution in [1.82, 2.24) is 30.3 Å². The molecule has 33 heavy (non-hydrogen) atoms. The van der Waals surface area contributed by atoms with Gasteiger partial charge in [-0.3, -0.25) is 4.90 Å². The minimum Gasteiger partial charge on any atom is -0.434 e. The molecule has 184 valence electrons. The smallest absolute Gasteiger partial charge is 0.387 e. The fourth-order valence-electron chi connectivity index (χ4n) is 3.91. The molecule has 1 aromatic heterocycles. The second kappa shape index (κ2) is 13.0.